The van der Waals surface area contributed by atoms with Crippen LogP contribution in [0.1, 0.15) is 29.7 Å². The van der Waals surface area contributed by atoms with Crippen LogP contribution in [0, 0.1) is 21.8 Å². The molecule has 0 heterocycles. The maximum absolute atomic E-state index is 8.94. The minimum absolute atomic E-state index is 0.173. The number of nitrogens with zero attached hydrogens (tertiary/aromatic N) is 1. The van der Waals surface area contributed by atoms with E-state index < -0.39 is 0 Å². The second kappa shape index (κ2) is 6.07. The molecule has 2 aromatic rings. The van der Waals surface area contributed by atoms with Crippen LogP contribution in [0.4, 0.5) is 5.69 Å². The highest BCUT2D eigenvalue weighted by Gasteiger charge is 2.07. The van der Waals surface area contributed by atoms with Gasteiger partial charge in [-0.05, 0) is 77.9 Å². The molecule has 0 saturated heterocycles. The summed E-state index contributed by atoms with van der Waals surface area (Å²) in [6.07, 6.45) is 0. The summed E-state index contributed by atoms with van der Waals surface area (Å²) in [6.45, 7) is 4.21. The standard InChI is InChI=1S/C16H15IN2/c1-11-8-15(17)6-7-16(11)19-12(2)14-5-3-4-13(9-14)10-18/h3-9,12,19H,1-2H3. The molecule has 0 saturated carbocycles. The van der Waals surface area contributed by atoms with E-state index in [1.165, 1.54) is 9.13 Å². The van der Waals surface area contributed by atoms with Gasteiger partial charge in [-0.25, -0.2) is 0 Å². The van der Waals surface area contributed by atoms with E-state index in [4.69, 9.17) is 5.26 Å². The van der Waals surface area contributed by atoms with E-state index in [-0.39, 0.29) is 6.04 Å². The van der Waals surface area contributed by atoms with E-state index in [2.05, 4.69) is 66.0 Å². The number of anilines is 1. The average Bonchev–Trinajstić information content (AvgIpc) is 2.42. The van der Waals surface area contributed by atoms with Crippen molar-refractivity contribution in [3.05, 3.63) is 62.7 Å². The molecule has 0 bridgehead atoms. The maximum atomic E-state index is 8.94. The number of aryl methyl sites for hydroxylation is 1. The summed E-state index contributed by atoms with van der Waals surface area (Å²) >= 11 is 2.31. The van der Waals surface area contributed by atoms with Crippen molar-refractivity contribution in [2.45, 2.75) is 19.9 Å². The Kier molecular flexibility index (Phi) is 4.43. The predicted molar refractivity (Wildman–Crippen MR) is 87.1 cm³/mol. The maximum Gasteiger partial charge on any atom is 0.0991 e. The molecule has 0 radical (unpaired) electrons. The Morgan fingerprint density at radius 1 is 1.21 bits per heavy atom. The summed E-state index contributed by atoms with van der Waals surface area (Å²) in [6, 6.07) is 16.4. The van der Waals surface area contributed by atoms with Gasteiger partial charge in [-0.2, -0.15) is 5.26 Å². The van der Waals surface area contributed by atoms with Crippen LogP contribution in [0.25, 0.3) is 0 Å². The molecule has 2 nitrogen and oxygen atoms in total. The van der Waals surface area contributed by atoms with Crippen molar-refractivity contribution in [1.29, 1.82) is 5.26 Å². The van der Waals surface area contributed by atoms with Gasteiger partial charge >= 0.3 is 0 Å². The first kappa shape index (κ1) is 13.9. The lowest BCUT2D eigenvalue weighted by Gasteiger charge is -2.17. The fourth-order valence-corrected chi connectivity index (χ4v) is 2.63. The monoisotopic (exact) mass is 362 g/mol. The van der Waals surface area contributed by atoms with Crippen molar-refractivity contribution >= 4 is 28.3 Å². The highest BCUT2D eigenvalue weighted by atomic mass is 127. The average molecular weight is 362 g/mol. The van der Waals surface area contributed by atoms with Crippen LogP contribution < -0.4 is 5.32 Å². The zero-order valence-corrected chi connectivity index (χ0v) is 13.1. The largest absolute Gasteiger partial charge is 0.378 e. The number of halogens is 1. The normalized spacial score (nSPS) is 11.7. The lowest BCUT2D eigenvalue weighted by molar-refractivity contribution is 0.882. The summed E-state index contributed by atoms with van der Waals surface area (Å²) in [7, 11) is 0. The molecule has 0 aliphatic heterocycles. The SMILES string of the molecule is Cc1cc(I)ccc1NC(C)c1cccc(C#N)c1. The molecule has 0 amide bonds. The third-order valence-electron chi connectivity index (χ3n) is 3.08. The fraction of sp³-hybridized carbons (Fsp3) is 0.188. The Bertz CT molecular complexity index is 629. The van der Waals surface area contributed by atoms with Crippen LogP contribution in [0.2, 0.25) is 0 Å². The third-order valence-corrected chi connectivity index (χ3v) is 3.75. The minimum Gasteiger partial charge on any atom is -0.378 e. The van der Waals surface area contributed by atoms with Crippen molar-refractivity contribution in [2.75, 3.05) is 5.32 Å². The van der Waals surface area contributed by atoms with Crippen LogP contribution in [0.5, 0.6) is 0 Å². The van der Waals surface area contributed by atoms with Gasteiger partial charge in [-0.15, -0.1) is 0 Å². The van der Waals surface area contributed by atoms with E-state index >= 15 is 0 Å². The molecule has 1 unspecified atom stereocenters. The van der Waals surface area contributed by atoms with Crippen LogP contribution in [-0.4, -0.2) is 0 Å². The second-order valence-corrected chi connectivity index (χ2v) is 5.81. The molecule has 2 rings (SSSR count). The molecule has 0 aromatic heterocycles. The van der Waals surface area contributed by atoms with E-state index in [1.807, 2.05) is 24.3 Å². The Balaban J connectivity index is 2.20. The van der Waals surface area contributed by atoms with E-state index in [9.17, 15) is 0 Å². The highest BCUT2D eigenvalue weighted by molar-refractivity contribution is 14.1. The van der Waals surface area contributed by atoms with Crippen molar-refractivity contribution in [3.63, 3.8) is 0 Å². The van der Waals surface area contributed by atoms with Crippen molar-refractivity contribution < 1.29 is 0 Å². The van der Waals surface area contributed by atoms with Gasteiger partial charge in [0.15, 0.2) is 0 Å². The third kappa shape index (κ3) is 3.48. The van der Waals surface area contributed by atoms with Crippen LogP contribution >= 0.6 is 22.6 Å². The molecule has 3 heteroatoms. The van der Waals surface area contributed by atoms with E-state index in [0.717, 1.165) is 11.3 Å². The number of benzene rings is 2. The van der Waals surface area contributed by atoms with Crippen molar-refractivity contribution in [3.8, 4) is 6.07 Å². The Morgan fingerprint density at radius 3 is 2.68 bits per heavy atom. The zero-order chi connectivity index (χ0) is 13.8. The summed E-state index contributed by atoms with van der Waals surface area (Å²) in [5, 5.41) is 12.4. The van der Waals surface area contributed by atoms with Crippen LogP contribution in [-0.2, 0) is 0 Å². The molecule has 96 valence electrons. The first-order chi connectivity index (χ1) is 9.10. The van der Waals surface area contributed by atoms with Crippen LogP contribution in [0.3, 0.4) is 0 Å². The number of rotatable bonds is 3. The first-order valence-corrected chi connectivity index (χ1v) is 7.21. The van der Waals surface area contributed by atoms with Crippen molar-refractivity contribution in [2.24, 2.45) is 0 Å². The predicted octanol–water partition coefficient (Wildman–Crippen LogP) is 4.64. The number of hydrogen-bond donors (Lipinski definition) is 1. The Morgan fingerprint density at radius 2 is 2.00 bits per heavy atom. The Hall–Kier alpha value is -1.54. The first-order valence-electron chi connectivity index (χ1n) is 6.13. The molecule has 1 atom stereocenters. The van der Waals surface area contributed by atoms with Gasteiger partial charge in [-0.3, -0.25) is 0 Å². The number of hydrogen-bond acceptors (Lipinski definition) is 2. The summed E-state index contributed by atoms with van der Waals surface area (Å²) in [5.41, 5.74) is 4.19. The van der Waals surface area contributed by atoms with E-state index in [1.54, 1.807) is 0 Å². The molecule has 0 aliphatic rings. The van der Waals surface area contributed by atoms with E-state index in [0.29, 0.717) is 5.56 Å². The number of nitrogens with one attached hydrogen (secondary N) is 1. The smallest absolute Gasteiger partial charge is 0.0991 e. The molecule has 19 heavy (non-hydrogen) atoms. The molecule has 0 fully saturated rings. The number of nitriles is 1. The quantitative estimate of drug-likeness (QED) is 0.808. The molecule has 1 N–H and O–H groups in total. The van der Waals surface area contributed by atoms with Gasteiger partial charge in [-0.1, -0.05) is 12.1 Å². The zero-order valence-electron chi connectivity index (χ0n) is 10.9. The van der Waals surface area contributed by atoms with Gasteiger partial charge in [0.2, 0.25) is 0 Å². The summed E-state index contributed by atoms with van der Waals surface area (Å²) in [5.74, 6) is 0. The van der Waals surface area contributed by atoms with Gasteiger partial charge in [0.05, 0.1) is 11.6 Å². The van der Waals surface area contributed by atoms with Gasteiger partial charge in [0.1, 0.15) is 0 Å². The van der Waals surface area contributed by atoms with Gasteiger partial charge in [0, 0.05) is 15.3 Å². The second-order valence-electron chi connectivity index (χ2n) is 4.56. The fourth-order valence-electron chi connectivity index (χ4n) is 1.98. The molecular formula is C16H15IN2. The summed E-state index contributed by atoms with van der Waals surface area (Å²) in [4.78, 5) is 0. The molecule has 2 aromatic carbocycles. The van der Waals surface area contributed by atoms with Crippen molar-refractivity contribution in [1.82, 2.24) is 0 Å². The topological polar surface area (TPSA) is 35.8 Å². The minimum atomic E-state index is 0.173. The summed E-state index contributed by atoms with van der Waals surface area (Å²) < 4.78 is 1.24. The Labute approximate surface area is 127 Å². The van der Waals surface area contributed by atoms with Gasteiger partial charge < -0.3 is 5.32 Å². The molecule has 0 aliphatic carbocycles. The highest BCUT2D eigenvalue weighted by Crippen LogP contribution is 2.24. The molecular weight excluding hydrogens is 347 g/mol. The molecule has 0 spiro atoms. The van der Waals surface area contributed by atoms with Gasteiger partial charge in [0.25, 0.3) is 0 Å². The lowest BCUT2D eigenvalue weighted by Crippen LogP contribution is -2.07. The van der Waals surface area contributed by atoms with Crippen LogP contribution in [0.15, 0.2) is 42.5 Å². The lowest BCUT2D eigenvalue weighted by atomic mass is 10.0.